The third-order valence-electron chi connectivity index (χ3n) is 5.13. The zero-order valence-corrected chi connectivity index (χ0v) is 22.2. The zero-order chi connectivity index (χ0) is 21.6. The third-order valence-corrected chi connectivity index (χ3v) is 9.38. The van der Waals surface area contributed by atoms with Crippen LogP contribution in [0.2, 0.25) is 0 Å². The van der Waals surface area contributed by atoms with E-state index >= 15 is 0 Å². The summed E-state index contributed by atoms with van der Waals surface area (Å²) in [5.41, 5.74) is 0.258. The summed E-state index contributed by atoms with van der Waals surface area (Å²) in [7, 11) is -1.09. The Balaban J connectivity index is 0.00000320. The van der Waals surface area contributed by atoms with Gasteiger partial charge in [0.15, 0.2) is 0 Å². The minimum atomic E-state index is -3.61. The van der Waals surface area contributed by atoms with Crippen LogP contribution in [0.1, 0.15) is 25.3 Å². The summed E-state index contributed by atoms with van der Waals surface area (Å²) >= 11 is 1.35. The average Bonchev–Trinajstić information content (AvgIpc) is 2.94. The summed E-state index contributed by atoms with van der Waals surface area (Å²) in [5, 5.41) is 13.6. The molecule has 1 aromatic rings. The van der Waals surface area contributed by atoms with E-state index in [2.05, 4.69) is 5.32 Å². The third kappa shape index (κ3) is 4.46. The van der Waals surface area contributed by atoms with Gasteiger partial charge >= 0.3 is 59.0 Å². The second-order valence-corrected chi connectivity index (χ2v) is 11.4. The molecule has 2 fully saturated rings. The Labute approximate surface area is 221 Å². The fraction of sp³-hybridized carbons (Fsp3) is 0.500. The van der Waals surface area contributed by atoms with Crippen molar-refractivity contribution >= 4 is 37.1 Å². The van der Waals surface area contributed by atoms with Gasteiger partial charge in [0.2, 0.25) is 11.8 Å². The first-order valence-corrected chi connectivity index (χ1v) is 11.3. The molecule has 0 saturated carbocycles. The molecule has 0 radical (unpaired) electrons. The molecule has 4 atom stereocenters. The molecular weight excluding hydrogens is 458 g/mol. The maximum Gasteiger partial charge on any atom is 1.00 e. The van der Waals surface area contributed by atoms with Crippen LogP contribution in [0.15, 0.2) is 30.3 Å². The molecule has 158 valence electrons. The fourth-order valence-electron chi connectivity index (χ4n) is 3.79. The maximum atomic E-state index is 13.0. The molecule has 2 aliphatic heterocycles. The number of fused-ring (bicyclic) bond motifs is 1. The second kappa shape index (κ2) is 9.72. The van der Waals surface area contributed by atoms with Crippen molar-refractivity contribution < 1.29 is 84.5 Å². The Bertz CT molecular complexity index is 877. The first-order chi connectivity index (χ1) is 13.6. The zero-order valence-electron chi connectivity index (χ0n) is 17.4. The van der Waals surface area contributed by atoms with E-state index in [9.17, 15) is 24.1 Å². The molecule has 3 unspecified atom stereocenters. The standard InChI is InChI=1S/C18H23N2O7PS.K/c1-18(2)17(28(25,26-3)27-4)20-14(22)12(15(20)29-18)19-13(21)11(16(23)24)10-8-6-5-7-9-10;/h5-9,11-12,15,17H,1-4H3,(H,19,21)(H,23,24);/q;+1/p-1/t11?,12?,15-,17?;/m0./s1. The molecular formula is C18H22KN2O7PS. The number of carboxylic acid groups (broad SMARTS) is 1. The van der Waals surface area contributed by atoms with Gasteiger partial charge in [-0.2, -0.15) is 0 Å². The van der Waals surface area contributed by atoms with E-state index < -0.39 is 53.2 Å². The van der Waals surface area contributed by atoms with E-state index in [0.717, 1.165) is 0 Å². The summed E-state index contributed by atoms with van der Waals surface area (Å²) < 4.78 is 22.5. The molecule has 2 aliphatic rings. The molecule has 1 N–H and O–H groups in total. The Hall–Kier alpha value is -0.234. The van der Waals surface area contributed by atoms with Crippen molar-refractivity contribution in [1.82, 2.24) is 10.2 Å². The van der Waals surface area contributed by atoms with E-state index in [1.54, 1.807) is 18.2 Å². The van der Waals surface area contributed by atoms with E-state index in [0.29, 0.717) is 0 Å². The molecule has 2 saturated heterocycles. The molecule has 30 heavy (non-hydrogen) atoms. The van der Waals surface area contributed by atoms with Gasteiger partial charge in [-0.1, -0.05) is 30.3 Å². The summed E-state index contributed by atoms with van der Waals surface area (Å²) in [4.78, 5) is 38.4. The van der Waals surface area contributed by atoms with Crippen molar-refractivity contribution in [3.8, 4) is 0 Å². The topological polar surface area (TPSA) is 125 Å². The number of thioether (sulfide) groups is 1. The van der Waals surface area contributed by atoms with Crippen molar-refractivity contribution in [2.45, 2.75) is 41.7 Å². The molecule has 2 amide bonds. The number of aliphatic carboxylic acids is 1. The van der Waals surface area contributed by atoms with Crippen LogP contribution in [0.5, 0.6) is 0 Å². The van der Waals surface area contributed by atoms with Crippen LogP contribution in [0.25, 0.3) is 0 Å². The Morgan fingerprint density at radius 2 is 1.80 bits per heavy atom. The van der Waals surface area contributed by atoms with Crippen molar-refractivity contribution in [3.63, 3.8) is 0 Å². The summed E-state index contributed by atoms with van der Waals surface area (Å²) in [6.45, 7) is 3.62. The quantitative estimate of drug-likeness (QED) is 0.197. The molecule has 0 aromatic heterocycles. The van der Waals surface area contributed by atoms with Gasteiger partial charge < -0.3 is 29.2 Å². The van der Waals surface area contributed by atoms with E-state index in [1.165, 1.54) is 43.0 Å². The van der Waals surface area contributed by atoms with Crippen LogP contribution in [-0.4, -0.2) is 58.8 Å². The van der Waals surface area contributed by atoms with Gasteiger partial charge in [-0.15, -0.1) is 11.8 Å². The Kier molecular flexibility index (Phi) is 8.43. The van der Waals surface area contributed by atoms with Crippen LogP contribution in [0.4, 0.5) is 0 Å². The summed E-state index contributed by atoms with van der Waals surface area (Å²) in [5.74, 6) is -5.23. The van der Waals surface area contributed by atoms with Crippen LogP contribution in [-0.2, 0) is 28.0 Å². The van der Waals surface area contributed by atoms with Crippen LogP contribution < -0.4 is 61.8 Å². The second-order valence-electron chi connectivity index (χ2n) is 7.29. The normalized spacial score (nSPS) is 25.5. The molecule has 0 spiro atoms. The van der Waals surface area contributed by atoms with Crippen LogP contribution >= 0.6 is 19.4 Å². The number of hydrogen-bond donors (Lipinski definition) is 1. The number of nitrogens with zero attached hydrogens (tertiary/aromatic N) is 1. The predicted octanol–water partition coefficient (Wildman–Crippen LogP) is -2.49. The van der Waals surface area contributed by atoms with Gasteiger partial charge in [-0.25, -0.2) is 0 Å². The number of carbonyl (C=O) groups is 3. The SMILES string of the molecule is COP(=O)(OC)C1N2C(=O)C(NC(=O)C(C(=O)[O-])c3ccccc3)[C@@H]2SC1(C)C.[K+]. The van der Waals surface area contributed by atoms with Gasteiger partial charge in [0, 0.05) is 19.0 Å². The van der Waals surface area contributed by atoms with E-state index in [1.807, 2.05) is 13.8 Å². The Morgan fingerprint density at radius 1 is 1.23 bits per heavy atom. The van der Waals surface area contributed by atoms with Crippen LogP contribution in [0, 0.1) is 0 Å². The molecule has 0 aliphatic carbocycles. The average molecular weight is 481 g/mol. The molecule has 1 aromatic carbocycles. The number of β-lactam (4-membered cyclic amide) rings is 1. The number of rotatable bonds is 7. The van der Waals surface area contributed by atoms with Gasteiger partial charge in [-0.3, -0.25) is 14.2 Å². The number of nitrogens with one attached hydrogen (secondary N) is 1. The number of carbonyl (C=O) groups excluding carboxylic acids is 3. The number of carboxylic acids is 1. The first kappa shape index (κ1) is 26.0. The smallest absolute Gasteiger partial charge is 0.549 e. The molecule has 0 bridgehead atoms. The van der Waals surface area contributed by atoms with Gasteiger partial charge in [0.1, 0.15) is 23.1 Å². The van der Waals surface area contributed by atoms with Crippen LogP contribution in [0.3, 0.4) is 0 Å². The largest absolute Gasteiger partial charge is 1.00 e. The molecule has 12 heteroatoms. The number of hydrogen-bond acceptors (Lipinski definition) is 8. The summed E-state index contributed by atoms with van der Waals surface area (Å²) in [6, 6.07) is 6.99. The molecule has 9 nitrogen and oxygen atoms in total. The number of amides is 2. The number of benzene rings is 1. The fourth-order valence-corrected chi connectivity index (χ4v) is 7.84. The van der Waals surface area contributed by atoms with Crippen molar-refractivity contribution in [2.24, 2.45) is 0 Å². The van der Waals surface area contributed by atoms with Gasteiger partial charge in [-0.05, 0) is 19.4 Å². The maximum absolute atomic E-state index is 13.0. The van der Waals surface area contributed by atoms with Crippen molar-refractivity contribution in [1.29, 1.82) is 0 Å². The van der Waals surface area contributed by atoms with Gasteiger partial charge in [0.05, 0.1) is 5.97 Å². The summed E-state index contributed by atoms with van der Waals surface area (Å²) in [6.07, 6.45) is 0. The minimum absolute atomic E-state index is 0. The van der Waals surface area contributed by atoms with Gasteiger partial charge in [0.25, 0.3) is 0 Å². The molecule has 2 heterocycles. The predicted molar refractivity (Wildman–Crippen MR) is 104 cm³/mol. The first-order valence-electron chi connectivity index (χ1n) is 8.84. The minimum Gasteiger partial charge on any atom is -0.549 e. The van der Waals surface area contributed by atoms with Crippen molar-refractivity contribution in [3.05, 3.63) is 35.9 Å². The Morgan fingerprint density at radius 3 is 2.30 bits per heavy atom. The van der Waals surface area contributed by atoms with E-state index in [4.69, 9.17) is 9.05 Å². The van der Waals surface area contributed by atoms with Crippen molar-refractivity contribution in [2.75, 3.05) is 14.2 Å². The monoisotopic (exact) mass is 480 g/mol. The molecule has 3 rings (SSSR count). The van der Waals surface area contributed by atoms with E-state index in [-0.39, 0.29) is 56.9 Å².